The molecule has 1 heterocycles. The van der Waals surface area contributed by atoms with Gasteiger partial charge in [-0.2, -0.15) is 8.42 Å². The van der Waals surface area contributed by atoms with Crippen LogP contribution in [-0.4, -0.2) is 43.1 Å². The van der Waals surface area contributed by atoms with Crippen molar-refractivity contribution in [2.45, 2.75) is 38.5 Å². The monoisotopic (exact) mass is 549 g/mol. The Labute approximate surface area is 200 Å². The van der Waals surface area contributed by atoms with Gasteiger partial charge in [0.15, 0.2) is 11.5 Å². The lowest BCUT2D eigenvalue weighted by molar-refractivity contribution is 0.257. The first kappa shape index (κ1) is 27.1. The van der Waals surface area contributed by atoms with Crippen molar-refractivity contribution in [2.24, 2.45) is 27.7 Å². The van der Waals surface area contributed by atoms with Crippen LogP contribution >= 0.6 is 15.9 Å². The SMILES string of the molecule is NC(=Nc1ccc(F)c(Br)c1)c1nonc1NCCC1CCC(CCNS(N)(=O)=O)CC1.O. The highest BCUT2D eigenvalue weighted by Crippen LogP contribution is 2.32. The van der Waals surface area contributed by atoms with Gasteiger partial charge in [-0.05, 0) is 69.1 Å². The Morgan fingerprint density at radius 3 is 2.42 bits per heavy atom. The van der Waals surface area contributed by atoms with E-state index in [0.29, 0.717) is 46.6 Å². The minimum atomic E-state index is -3.61. The van der Waals surface area contributed by atoms with Crippen LogP contribution in [0.5, 0.6) is 0 Å². The average molecular weight is 550 g/mol. The summed E-state index contributed by atoms with van der Waals surface area (Å²) in [5.74, 6) is 1.23. The Kier molecular flexibility index (Phi) is 10.2. The number of rotatable bonds is 10. The number of aromatic nitrogens is 2. The van der Waals surface area contributed by atoms with Crippen molar-refractivity contribution < 1.29 is 22.9 Å². The summed E-state index contributed by atoms with van der Waals surface area (Å²) in [5.41, 5.74) is 6.82. The first-order valence-electron chi connectivity index (χ1n) is 10.3. The van der Waals surface area contributed by atoms with Gasteiger partial charge in [0.1, 0.15) is 5.82 Å². The predicted molar refractivity (Wildman–Crippen MR) is 127 cm³/mol. The molecule has 2 aromatic rings. The van der Waals surface area contributed by atoms with E-state index in [0.717, 1.165) is 38.5 Å². The standard InChI is InChI=1S/C19H27BrFN7O3S.H2O/c20-15-11-14(5-6-16(15)21)26-18(22)17-19(28-31-27-17)24-9-7-12-1-3-13(4-2-12)8-10-25-32(23,29)30;/h5-6,11-13,25H,1-4,7-10H2,(H2,22,26)(H,24,28)(H2,23,29,30);1H2. The lowest BCUT2D eigenvalue weighted by Gasteiger charge is -2.28. The van der Waals surface area contributed by atoms with Crippen LogP contribution in [0, 0.1) is 17.7 Å². The second-order valence-corrected chi connectivity index (χ2v) is 10.1. The number of amidine groups is 1. The van der Waals surface area contributed by atoms with E-state index in [1.54, 1.807) is 0 Å². The summed E-state index contributed by atoms with van der Waals surface area (Å²) in [5, 5.41) is 15.8. The van der Waals surface area contributed by atoms with Crippen LogP contribution in [0.3, 0.4) is 0 Å². The molecule has 0 spiro atoms. The molecule has 1 fully saturated rings. The lowest BCUT2D eigenvalue weighted by atomic mass is 9.79. The fourth-order valence-electron chi connectivity index (χ4n) is 3.83. The van der Waals surface area contributed by atoms with Crippen molar-refractivity contribution >= 4 is 43.5 Å². The second-order valence-electron chi connectivity index (χ2n) is 7.89. The summed E-state index contributed by atoms with van der Waals surface area (Å²) in [6.07, 6.45) is 6.08. The van der Waals surface area contributed by atoms with Crippen molar-refractivity contribution in [2.75, 3.05) is 18.4 Å². The molecule has 0 bridgehead atoms. The van der Waals surface area contributed by atoms with Gasteiger partial charge in [0.05, 0.1) is 10.2 Å². The van der Waals surface area contributed by atoms with E-state index in [9.17, 15) is 12.8 Å². The summed E-state index contributed by atoms with van der Waals surface area (Å²) in [7, 11) is -3.61. The highest BCUT2D eigenvalue weighted by atomic mass is 79.9. The van der Waals surface area contributed by atoms with Gasteiger partial charge in [0.2, 0.25) is 5.82 Å². The molecule has 8 N–H and O–H groups in total. The Balaban J connectivity index is 0.00000385. The van der Waals surface area contributed by atoms with E-state index < -0.39 is 10.2 Å². The van der Waals surface area contributed by atoms with E-state index in [1.807, 2.05) is 0 Å². The minimum Gasteiger partial charge on any atom is -0.412 e. The Morgan fingerprint density at radius 2 is 1.82 bits per heavy atom. The van der Waals surface area contributed by atoms with Crippen molar-refractivity contribution in [1.29, 1.82) is 0 Å². The van der Waals surface area contributed by atoms with Crippen molar-refractivity contribution in [3.05, 3.63) is 34.2 Å². The third kappa shape index (κ3) is 8.62. The number of halogens is 2. The summed E-state index contributed by atoms with van der Waals surface area (Å²) < 4.78 is 42.7. The molecule has 1 aliphatic carbocycles. The van der Waals surface area contributed by atoms with Crippen LogP contribution in [0.1, 0.15) is 44.2 Å². The average Bonchev–Trinajstić information content (AvgIpc) is 3.20. The number of nitrogens with two attached hydrogens (primary N) is 2. The maximum atomic E-state index is 13.4. The normalized spacial score (nSPS) is 19.2. The van der Waals surface area contributed by atoms with Gasteiger partial charge in [-0.15, -0.1) is 0 Å². The molecule has 1 saturated carbocycles. The third-order valence-electron chi connectivity index (χ3n) is 5.55. The Bertz CT molecular complexity index is 1040. The number of benzene rings is 1. The van der Waals surface area contributed by atoms with Gasteiger partial charge in [0.25, 0.3) is 10.2 Å². The molecule has 14 heteroatoms. The van der Waals surface area contributed by atoms with Crippen molar-refractivity contribution in [1.82, 2.24) is 15.0 Å². The van der Waals surface area contributed by atoms with Crippen LogP contribution < -0.4 is 20.9 Å². The fraction of sp³-hybridized carbons (Fsp3) is 0.526. The van der Waals surface area contributed by atoms with E-state index in [-0.39, 0.29) is 17.1 Å². The van der Waals surface area contributed by atoms with Gasteiger partial charge in [-0.25, -0.2) is 23.9 Å². The highest BCUT2D eigenvalue weighted by Gasteiger charge is 2.22. The number of anilines is 1. The zero-order chi connectivity index (χ0) is 23.1. The van der Waals surface area contributed by atoms with Gasteiger partial charge in [0, 0.05) is 13.1 Å². The molecule has 0 atom stereocenters. The molecule has 1 aromatic carbocycles. The number of nitrogens with zero attached hydrogens (tertiary/aromatic N) is 3. The largest absolute Gasteiger partial charge is 0.412 e. The van der Waals surface area contributed by atoms with Crippen LogP contribution in [0.2, 0.25) is 0 Å². The first-order valence-corrected chi connectivity index (χ1v) is 12.7. The maximum Gasteiger partial charge on any atom is 0.274 e. The number of hydrogen-bond acceptors (Lipinski definition) is 7. The van der Waals surface area contributed by atoms with E-state index >= 15 is 0 Å². The van der Waals surface area contributed by atoms with Gasteiger partial charge >= 0.3 is 0 Å². The molecule has 0 amide bonds. The molecule has 0 radical (unpaired) electrons. The van der Waals surface area contributed by atoms with Gasteiger partial charge < -0.3 is 16.5 Å². The molecule has 11 nitrogen and oxygen atoms in total. The van der Waals surface area contributed by atoms with E-state index in [4.69, 9.17) is 15.5 Å². The van der Waals surface area contributed by atoms with Crippen LogP contribution in [0.4, 0.5) is 15.9 Å². The zero-order valence-corrected chi connectivity index (χ0v) is 20.3. The van der Waals surface area contributed by atoms with Gasteiger partial charge in [-0.3, -0.25) is 0 Å². The lowest BCUT2D eigenvalue weighted by Crippen LogP contribution is -2.32. The number of nitrogens with one attached hydrogen (secondary N) is 2. The maximum absolute atomic E-state index is 13.4. The molecule has 3 rings (SSSR count). The van der Waals surface area contributed by atoms with E-state index in [2.05, 4.69) is 41.3 Å². The first-order chi connectivity index (χ1) is 15.2. The number of hydrogen-bond donors (Lipinski definition) is 4. The summed E-state index contributed by atoms with van der Waals surface area (Å²) in [4.78, 5) is 4.25. The molecule has 0 aliphatic heterocycles. The third-order valence-corrected chi connectivity index (χ3v) is 6.77. The molecule has 184 valence electrons. The molecule has 0 saturated heterocycles. The van der Waals surface area contributed by atoms with E-state index in [1.165, 1.54) is 18.2 Å². The zero-order valence-electron chi connectivity index (χ0n) is 17.9. The molecule has 33 heavy (non-hydrogen) atoms. The molecule has 1 aliphatic rings. The predicted octanol–water partition coefficient (Wildman–Crippen LogP) is 1.98. The fourth-order valence-corrected chi connectivity index (χ4v) is 4.60. The summed E-state index contributed by atoms with van der Waals surface area (Å²) in [6.45, 7) is 1.06. The molecular weight excluding hydrogens is 521 g/mol. The summed E-state index contributed by atoms with van der Waals surface area (Å²) in [6, 6.07) is 4.32. The summed E-state index contributed by atoms with van der Waals surface area (Å²) >= 11 is 3.12. The quantitative estimate of drug-likeness (QED) is 0.256. The molecule has 0 unspecified atom stereocenters. The Morgan fingerprint density at radius 1 is 1.18 bits per heavy atom. The topological polar surface area (TPSA) is 193 Å². The second kappa shape index (κ2) is 12.4. The number of aliphatic imine (C=N–C) groups is 1. The van der Waals surface area contributed by atoms with Crippen molar-refractivity contribution in [3.63, 3.8) is 0 Å². The minimum absolute atomic E-state index is 0. The Hall–Kier alpha value is -2.13. The molecule has 1 aromatic heterocycles. The van der Waals surface area contributed by atoms with Gasteiger partial charge in [-0.1, -0.05) is 25.7 Å². The van der Waals surface area contributed by atoms with Crippen LogP contribution in [-0.2, 0) is 10.2 Å². The van der Waals surface area contributed by atoms with Crippen LogP contribution in [0.15, 0.2) is 32.3 Å². The van der Waals surface area contributed by atoms with Crippen LogP contribution in [0.25, 0.3) is 0 Å². The highest BCUT2D eigenvalue weighted by molar-refractivity contribution is 9.10. The smallest absolute Gasteiger partial charge is 0.274 e. The van der Waals surface area contributed by atoms with Crippen molar-refractivity contribution in [3.8, 4) is 0 Å². The molecular formula is C19H29BrFN7O4S.